The number of aromatic nitrogens is 3. The minimum atomic E-state index is -0.00337. The fourth-order valence-electron chi connectivity index (χ4n) is 4.44. The van der Waals surface area contributed by atoms with Crippen molar-refractivity contribution in [1.29, 1.82) is 0 Å². The van der Waals surface area contributed by atoms with Gasteiger partial charge in [0.25, 0.3) is 5.91 Å². The van der Waals surface area contributed by atoms with Gasteiger partial charge in [0.2, 0.25) is 0 Å². The minimum absolute atomic E-state index is 0.00337. The highest BCUT2D eigenvalue weighted by Gasteiger charge is 2.57. The molecule has 1 heterocycles. The Hall–Kier alpha value is -2.21. The molecule has 0 bridgehead atoms. The van der Waals surface area contributed by atoms with E-state index in [-0.39, 0.29) is 17.4 Å². The molecular formula is C19H24N4O2. The van der Waals surface area contributed by atoms with E-state index in [1.54, 1.807) is 11.0 Å². The third-order valence-corrected chi connectivity index (χ3v) is 5.81. The molecule has 25 heavy (non-hydrogen) atoms. The average Bonchev–Trinajstić information content (AvgIpc) is 3.33. The highest BCUT2D eigenvalue weighted by Crippen LogP contribution is 2.54. The maximum atomic E-state index is 12.7. The van der Waals surface area contributed by atoms with Crippen LogP contribution < -0.4 is 5.32 Å². The predicted octanol–water partition coefficient (Wildman–Crippen LogP) is 2.73. The van der Waals surface area contributed by atoms with Crippen molar-refractivity contribution >= 4 is 5.91 Å². The summed E-state index contributed by atoms with van der Waals surface area (Å²) in [5.41, 5.74) is 1.73. The molecule has 1 aromatic carbocycles. The number of nitrogens with one attached hydrogen (secondary N) is 1. The smallest absolute Gasteiger partial charge is 0.251 e. The van der Waals surface area contributed by atoms with Gasteiger partial charge >= 0.3 is 0 Å². The molecule has 2 aliphatic carbocycles. The summed E-state index contributed by atoms with van der Waals surface area (Å²) in [6, 6.07) is 7.69. The van der Waals surface area contributed by atoms with Gasteiger partial charge in [-0.15, -0.1) is 0 Å². The van der Waals surface area contributed by atoms with E-state index in [0.717, 1.165) is 31.6 Å². The molecule has 1 spiro atoms. The van der Waals surface area contributed by atoms with Crippen molar-refractivity contribution in [3.63, 3.8) is 0 Å². The summed E-state index contributed by atoms with van der Waals surface area (Å²) in [6.07, 6.45) is 9.16. The first kappa shape index (κ1) is 16.3. The van der Waals surface area contributed by atoms with Crippen molar-refractivity contribution in [3.8, 4) is 5.69 Å². The van der Waals surface area contributed by atoms with Crippen LogP contribution in [-0.4, -0.2) is 39.4 Å². The number of ether oxygens (including phenoxy) is 1. The first-order chi connectivity index (χ1) is 12.2. The number of carbonyl (C=O) groups excluding carboxylic acids is 1. The van der Waals surface area contributed by atoms with E-state index in [2.05, 4.69) is 15.4 Å². The lowest BCUT2D eigenvalue weighted by atomic mass is 9.60. The van der Waals surface area contributed by atoms with Gasteiger partial charge in [-0.2, -0.15) is 5.10 Å². The summed E-state index contributed by atoms with van der Waals surface area (Å²) in [5.74, 6) is -0.00337. The Morgan fingerprint density at radius 2 is 2.08 bits per heavy atom. The Labute approximate surface area is 147 Å². The van der Waals surface area contributed by atoms with Crippen LogP contribution in [0, 0.1) is 5.41 Å². The Kier molecular flexibility index (Phi) is 4.29. The normalized spacial score (nSPS) is 24.2. The predicted molar refractivity (Wildman–Crippen MR) is 93.5 cm³/mol. The van der Waals surface area contributed by atoms with Crippen LogP contribution in [0.5, 0.6) is 0 Å². The van der Waals surface area contributed by atoms with E-state index in [1.807, 2.05) is 31.2 Å². The topological polar surface area (TPSA) is 69.0 Å². The van der Waals surface area contributed by atoms with Crippen LogP contribution in [-0.2, 0) is 4.74 Å². The first-order valence-corrected chi connectivity index (χ1v) is 9.10. The van der Waals surface area contributed by atoms with Crippen LogP contribution in [0.2, 0.25) is 0 Å². The molecule has 0 saturated heterocycles. The minimum Gasteiger partial charge on any atom is -0.378 e. The molecule has 1 aromatic heterocycles. The molecule has 6 nitrogen and oxygen atoms in total. The largest absolute Gasteiger partial charge is 0.378 e. The number of hydrogen-bond donors (Lipinski definition) is 1. The van der Waals surface area contributed by atoms with E-state index in [0.29, 0.717) is 11.7 Å². The molecular weight excluding hydrogens is 316 g/mol. The zero-order chi connectivity index (χ0) is 17.3. The molecule has 132 valence electrons. The van der Waals surface area contributed by atoms with E-state index in [9.17, 15) is 4.79 Å². The number of hydrogen-bond acceptors (Lipinski definition) is 4. The van der Waals surface area contributed by atoms with Gasteiger partial charge in [-0.3, -0.25) is 4.79 Å². The van der Waals surface area contributed by atoms with Crippen LogP contribution in [0.15, 0.2) is 36.9 Å². The van der Waals surface area contributed by atoms with Gasteiger partial charge in [0.15, 0.2) is 0 Å². The Balaban J connectivity index is 1.43. The van der Waals surface area contributed by atoms with Crippen molar-refractivity contribution in [2.45, 2.75) is 51.2 Å². The number of carbonyl (C=O) groups is 1. The molecule has 0 unspecified atom stereocenters. The van der Waals surface area contributed by atoms with Crippen LogP contribution in [0.25, 0.3) is 5.69 Å². The number of nitrogens with zero attached hydrogens (tertiary/aromatic N) is 3. The molecule has 2 aromatic rings. The van der Waals surface area contributed by atoms with Crippen molar-refractivity contribution in [2.75, 3.05) is 6.61 Å². The summed E-state index contributed by atoms with van der Waals surface area (Å²) >= 11 is 0. The quantitative estimate of drug-likeness (QED) is 0.909. The number of benzene rings is 1. The fraction of sp³-hybridized carbons (Fsp3) is 0.526. The first-order valence-electron chi connectivity index (χ1n) is 9.10. The lowest BCUT2D eigenvalue weighted by molar-refractivity contribution is -0.127. The Bertz CT molecular complexity index is 720. The molecule has 2 saturated carbocycles. The van der Waals surface area contributed by atoms with E-state index < -0.39 is 0 Å². The molecule has 1 amide bonds. The SMILES string of the molecule is CCO[C@@H]1C[C@H](NC(=O)c2ccc(-n3cncn3)cc2)C12CCCC2. The molecule has 0 aliphatic heterocycles. The summed E-state index contributed by atoms with van der Waals surface area (Å²) in [7, 11) is 0. The molecule has 1 N–H and O–H groups in total. The Morgan fingerprint density at radius 1 is 1.32 bits per heavy atom. The summed E-state index contributed by atoms with van der Waals surface area (Å²) < 4.78 is 7.60. The second-order valence-corrected chi connectivity index (χ2v) is 7.03. The molecule has 2 atom stereocenters. The van der Waals surface area contributed by atoms with E-state index >= 15 is 0 Å². The standard InChI is InChI=1S/C19H24N4O2/c1-2-25-17-11-16(19(17)9-3-4-10-19)22-18(24)14-5-7-15(8-6-14)23-13-20-12-21-23/h5-8,12-13,16-17H,2-4,9-11H2,1H3,(H,22,24)/t16-,17+/m0/s1. The van der Waals surface area contributed by atoms with Crippen LogP contribution in [0.4, 0.5) is 0 Å². The van der Waals surface area contributed by atoms with Gasteiger partial charge in [0.05, 0.1) is 11.8 Å². The summed E-state index contributed by atoms with van der Waals surface area (Å²) in [6.45, 7) is 2.79. The van der Waals surface area contributed by atoms with Crippen molar-refractivity contribution in [2.24, 2.45) is 5.41 Å². The molecule has 0 radical (unpaired) electrons. The third kappa shape index (κ3) is 2.84. The van der Waals surface area contributed by atoms with Gasteiger partial charge in [-0.25, -0.2) is 9.67 Å². The molecule has 4 rings (SSSR count). The monoisotopic (exact) mass is 340 g/mol. The zero-order valence-corrected chi connectivity index (χ0v) is 14.5. The lowest BCUT2D eigenvalue weighted by Crippen LogP contribution is -2.63. The second-order valence-electron chi connectivity index (χ2n) is 7.03. The average molecular weight is 340 g/mol. The van der Waals surface area contributed by atoms with E-state index in [4.69, 9.17) is 4.74 Å². The maximum Gasteiger partial charge on any atom is 0.251 e. The Morgan fingerprint density at radius 3 is 2.72 bits per heavy atom. The summed E-state index contributed by atoms with van der Waals surface area (Å²) in [4.78, 5) is 16.6. The number of amides is 1. The molecule has 2 aliphatic rings. The van der Waals surface area contributed by atoms with Crippen LogP contribution >= 0.6 is 0 Å². The van der Waals surface area contributed by atoms with Crippen LogP contribution in [0.3, 0.4) is 0 Å². The molecule has 2 fully saturated rings. The third-order valence-electron chi connectivity index (χ3n) is 5.81. The van der Waals surface area contributed by atoms with Gasteiger partial charge in [-0.05, 0) is 50.5 Å². The van der Waals surface area contributed by atoms with Crippen molar-refractivity contribution in [1.82, 2.24) is 20.1 Å². The van der Waals surface area contributed by atoms with Gasteiger partial charge in [0, 0.05) is 23.6 Å². The van der Waals surface area contributed by atoms with E-state index in [1.165, 1.54) is 19.2 Å². The van der Waals surface area contributed by atoms with Crippen molar-refractivity contribution in [3.05, 3.63) is 42.5 Å². The van der Waals surface area contributed by atoms with Gasteiger partial charge in [-0.1, -0.05) is 12.8 Å². The van der Waals surface area contributed by atoms with Crippen LogP contribution in [0.1, 0.15) is 49.4 Å². The lowest BCUT2D eigenvalue weighted by Gasteiger charge is -2.54. The number of rotatable bonds is 5. The highest BCUT2D eigenvalue weighted by atomic mass is 16.5. The van der Waals surface area contributed by atoms with Crippen molar-refractivity contribution < 1.29 is 9.53 Å². The maximum absolute atomic E-state index is 12.7. The summed E-state index contributed by atoms with van der Waals surface area (Å²) in [5, 5.41) is 7.35. The van der Waals surface area contributed by atoms with Gasteiger partial charge in [0.1, 0.15) is 12.7 Å². The van der Waals surface area contributed by atoms with Gasteiger partial charge < -0.3 is 10.1 Å². The fourth-order valence-corrected chi connectivity index (χ4v) is 4.44. The highest BCUT2D eigenvalue weighted by molar-refractivity contribution is 5.94. The molecule has 6 heteroatoms. The second kappa shape index (κ2) is 6.59. The zero-order valence-electron chi connectivity index (χ0n) is 14.5.